The van der Waals surface area contributed by atoms with Crippen molar-refractivity contribution in [1.29, 1.82) is 0 Å². The van der Waals surface area contributed by atoms with Gasteiger partial charge >= 0.3 is 0 Å². The molecule has 0 aliphatic rings. The van der Waals surface area contributed by atoms with Crippen molar-refractivity contribution in [2.45, 2.75) is 0 Å². The van der Waals surface area contributed by atoms with Crippen molar-refractivity contribution in [3.63, 3.8) is 0 Å². The second-order valence-corrected chi connectivity index (χ2v) is 0. The summed E-state index contributed by atoms with van der Waals surface area (Å²) in [5.41, 5.74) is 0. The Morgan fingerprint density at radius 1 is 1.00 bits per heavy atom. The van der Waals surface area contributed by atoms with Crippen LogP contribution in [0.15, 0.2) is 0 Å². The molecule has 0 saturated heterocycles. The summed E-state index contributed by atoms with van der Waals surface area (Å²) in [6, 6.07) is 0. The molecular weight excluding hydrogens is 412 g/mol. The smallest absolute Gasteiger partial charge is 0 e. The van der Waals surface area contributed by atoms with Crippen LogP contribution >= 0.6 is 0 Å². The van der Waals surface area contributed by atoms with Crippen molar-refractivity contribution in [1.82, 2.24) is 0 Å². The molecule has 0 atom stereocenters. The molecule has 0 amide bonds. The van der Waals surface area contributed by atoms with Gasteiger partial charge in [0.05, 0.1) is 0 Å². The van der Waals surface area contributed by atoms with E-state index >= 15 is 0 Å². The zero-order valence-corrected chi connectivity index (χ0v) is 12.8. The van der Waals surface area contributed by atoms with Gasteiger partial charge in [0.15, 0.2) is 0 Å². The molecule has 0 spiro atoms. The summed E-state index contributed by atoms with van der Waals surface area (Å²) in [6.45, 7) is 0. The molecule has 5 heteroatoms. The summed E-state index contributed by atoms with van der Waals surface area (Å²) in [5.74, 6) is 0. The largest absolute Gasteiger partial charge is 0.412 e. The average molecular weight is 414 g/mol. The van der Waals surface area contributed by atoms with Gasteiger partial charge in [-0.3, -0.25) is 0 Å². The van der Waals surface area contributed by atoms with Crippen molar-refractivity contribution in [3.8, 4) is 0 Å². The molecule has 0 heterocycles. The normalized spacial score (nSPS) is 0. The van der Waals surface area contributed by atoms with E-state index in [1.165, 1.54) is 0 Å². The Morgan fingerprint density at radius 3 is 1.00 bits per heavy atom. The third-order valence-electron chi connectivity index (χ3n) is 0. The van der Waals surface area contributed by atoms with Crippen LogP contribution in [0.3, 0.4) is 0 Å². The molecule has 5 radical (unpaired) electrons. The minimum Gasteiger partial charge on any atom is -0.412 e. The van der Waals surface area contributed by atoms with E-state index in [9.17, 15) is 0 Å². The third-order valence-corrected chi connectivity index (χ3v) is 0. The fourth-order valence-corrected chi connectivity index (χ4v) is 0. The summed E-state index contributed by atoms with van der Waals surface area (Å²) >= 11 is 0. The number of hydrogen-bond donors (Lipinski definition) is 0. The van der Waals surface area contributed by atoms with Crippen LogP contribution in [0, 0.1) is 0 Å². The Bertz CT molecular complexity index is 11.6. The summed E-state index contributed by atoms with van der Waals surface area (Å²) in [6.07, 6.45) is 0. The third kappa shape index (κ3) is 18.3. The maximum Gasteiger partial charge on any atom is 0 e. The Kier molecular flexibility index (Phi) is 191. The first-order chi connectivity index (χ1) is 0. The van der Waals surface area contributed by atoms with Crippen molar-refractivity contribution >= 4 is 75.8 Å². The first-order valence-electron chi connectivity index (χ1n) is 0. The van der Waals surface area contributed by atoms with Gasteiger partial charge in [0.25, 0.3) is 0 Å². The molecule has 0 unspecified atom stereocenters. The number of hydrogen-bond acceptors (Lipinski definition) is 0. The van der Waals surface area contributed by atoms with E-state index in [4.69, 9.17) is 0 Å². The quantitative estimate of drug-likeness (QED) is 0.429. The maximum atomic E-state index is 0. The van der Waals surface area contributed by atoms with E-state index in [1.807, 2.05) is 0 Å². The van der Waals surface area contributed by atoms with Gasteiger partial charge < -0.3 is 5.48 Å². The van der Waals surface area contributed by atoms with Crippen molar-refractivity contribution in [2.24, 2.45) is 0 Å². The molecule has 0 aliphatic carbocycles. The van der Waals surface area contributed by atoms with Gasteiger partial charge in [0, 0.05) is 115 Å². The standard InChI is InChI=1S/K.H2O.Sb.V.W/h;1H2;;;. The Balaban J connectivity index is 0. The molecular formula is H2KOSbVW. The monoisotopic (exact) mass is 413 g/mol. The van der Waals surface area contributed by atoms with Crippen LogP contribution in [-0.4, -0.2) is 81.3 Å². The first kappa shape index (κ1) is 37.8. The van der Waals surface area contributed by atoms with Gasteiger partial charge in [-0.25, -0.2) is 0 Å². The van der Waals surface area contributed by atoms with Crippen LogP contribution < -0.4 is 0 Å². The molecule has 2 N–H and O–H groups in total. The molecule has 5 heavy (non-hydrogen) atoms. The first-order valence-corrected chi connectivity index (χ1v) is 0. The van der Waals surface area contributed by atoms with Gasteiger partial charge in [-0.2, -0.15) is 0 Å². The zero-order valence-electron chi connectivity index (χ0n) is 2.80. The predicted octanol–water partition coefficient (Wildman–Crippen LogP) is -1.59. The van der Waals surface area contributed by atoms with E-state index in [0.29, 0.717) is 0 Å². The average Bonchev–Trinajstić information content (AvgIpc) is 0. The molecule has 25 valence electrons. The van der Waals surface area contributed by atoms with Crippen LogP contribution in [-0.2, 0) is 39.6 Å². The molecule has 0 rings (SSSR count). The van der Waals surface area contributed by atoms with Crippen LogP contribution in [0.25, 0.3) is 0 Å². The van der Waals surface area contributed by atoms with Crippen molar-refractivity contribution in [2.75, 3.05) is 0 Å². The second-order valence-electron chi connectivity index (χ2n) is 0. The van der Waals surface area contributed by atoms with Crippen LogP contribution in [0.4, 0.5) is 0 Å². The van der Waals surface area contributed by atoms with Gasteiger partial charge in [0.1, 0.15) is 0 Å². The fourth-order valence-electron chi connectivity index (χ4n) is 0. The van der Waals surface area contributed by atoms with Crippen LogP contribution in [0.1, 0.15) is 0 Å². The minimum atomic E-state index is 0. The Labute approximate surface area is 118 Å². The zero-order chi connectivity index (χ0) is 0. The topological polar surface area (TPSA) is 31.5 Å². The second kappa shape index (κ2) is 25.3. The van der Waals surface area contributed by atoms with E-state index in [2.05, 4.69) is 0 Å². The molecule has 0 saturated carbocycles. The van der Waals surface area contributed by atoms with Crippen LogP contribution in [0.5, 0.6) is 0 Å². The Morgan fingerprint density at radius 2 is 1.00 bits per heavy atom. The fraction of sp³-hybridized carbons (Fsp3) is 0. The van der Waals surface area contributed by atoms with Gasteiger partial charge in [-0.1, -0.05) is 0 Å². The van der Waals surface area contributed by atoms with Gasteiger partial charge in [0.2, 0.25) is 0 Å². The molecule has 1 nitrogen and oxygen atoms in total. The van der Waals surface area contributed by atoms with E-state index in [1.54, 1.807) is 0 Å². The number of rotatable bonds is 0. The van der Waals surface area contributed by atoms with Crippen molar-refractivity contribution < 1.29 is 45.1 Å². The molecule has 0 aromatic carbocycles. The molecule has 0 aromatic heterocycles. The summed E-state index contributed by atoms with van der Waals surface area (Å²) in [7, 11) is 0. The van der Waals surface area contributed by atoms with E-state index in [0.717, 1.165) is 0 Å². The van der Waals surface area contributed by atoms with E-state index in [-0.39, 0.29) is 121 Å². The minimum absolute atomic E-state index is 0. The summed E-state index contributed by atoms with van der Waals surface area (Å²) < 4.78 is 0. The summed E-state index contributed by atoms with van der Waals surface area (Å²) in [4.78, 5) is 0. The van der Waals surface area contributed by atoms with Gasteiger partial charge in [-0.05, 0) is 0 Å². The van der Waals surface area contributed by atoms with E-state index < -0.39 is 0 Å². The molecule has 0 aliphatic heterocycles. The Hall–Kier alpha value is 3.69. The predicted molar refractivity (Wildman–Crippen MR) is 15.1 cm³/mol. The molecule has 0 aromatic rings. The SMILES string of the molecule is O.[K].[Sb].[V].[W]. The van der Waals surface area contributed by atoms with Crippen LogP contribution in [0.2, 0.25) is 0 Å². The van der Waals surface area contributed by atoms with Crippen molar-refractivity contribution in [3.05, 3.63) is 0 Å². The molecule has 0 fully saturated rings. The maximum absolute atomic E-state index is 0. The summed E-state index contributed by atoms with van der Waals surface area (Å²) in [5, 5.41) is 0. The molecule has 0 bridgehead atoms. The van der Waals surface area contributed by atoms with Gasteiger partial charge in [-0.15, -0.1) is 0 Å².